The number of furan rings is 1. The first kappa shape index (κ1) is 11.1. The highest BCUT2D eigenvalue weighted by Crippen LogP contribution is 2.25. The van der Waals surface area contributed by atoms with E-state index in [-0.39, 0.29) is 5.56 Å². The molecule has 0 bridgehead atoms. The van der Waals surface area contributed by atoms with Crippen molar-refractivity contribution in [2.45, 2.75) is 6.92 Å². The molecule has 5 nitrogen and oxygen atoms in total. The van der Waals surface area contributed by atoms with Crippen LogP contribution in [0, 0.1) is 6.92 Å². The first-order chi connectivity index (χ1) is 8.06. The van der Waals surface area contributed by atoms with E-state index in [1.165, 1.54) is 12.1 Å². The summed E-state index contributed by atoms with van der Waals surface area (Å²) in [6, 6.07) is 8.02. The average Bonchev–Trinajstić information content (AvgIpc) is 2.67. The van der Waals surface area contributed by atoms with Gasteiger partial charge in [0, 0.05) is 6.07 Å². The Morgan fingerprint density at radius 1 is 1.35 bits per heavy atom. The summed E-state index contributed by atoms with van der Waals surface area (Å²) < 4.78 is 5.33. The number of anilines is 3. The maximum atomic E-state index is 10.8. The molecule has 0 amide bonds. The van der Waals surface area contributed by atoms with Crippen LogP contribution in [-0.2, 0) is 0 Å². The normalized spacial score (nSPS) is 10.2. The second kappa shape index (κ2) is 4.21. The Kier molecular flexibility index (Phi) is 2.74. The highest BCUT2D eigenvalue weighted by molar-refractivity contribution is 5.90. The van der Waals surface area contributed by atoms with Crippen molar-refractivity contribution >= 4 is 23.2 Å². The quantitative estimate of drug-likeness (QED) is 0.708. The summed E-state index contributed by atoms with van der Waals surface area (Å²) in [5, 5.41) is 11.8. The largest absolute Gasteiger partial charge is 0.478 e. The fraction of sp³-hybridized carbons (Fsp3) is 0.0833. The van der Waals surface area contributed by atoms with Crippen molar-refractivity contribution in [1.29, 1.82) is 0 Å². The van der Waals surface area contributed by atoms with Crippen LogP contribution in [-0.4, -0.2) is 11.1 Å². The maximum Gasteiger partial charge on any atom is 0.335 e. The molecule has 1 aromatic carbocycles. The van der Waals surface area contributed by atoms with Gasteiger partial charge in [-0.3, -0.25) is 0 Å². The number of nitrogen functional groups attached to an aromatic ring is 1. The zero-order valence-corrected chi connectivity index (χ0v) is 9.23. The predicted octanol–water partition coefficient (Wildman–Crippen LogP) is 2.61. The Balaban J connectivity index is 2.31. The van der Waals surface area contributed by atoms with Crippen LogP contribution >= 0.6 is 0 Å². The number of hydrogen-bond acceptors (Lipinski definition) is 4. The molecule has 4 N–H and O–H groups in total. The number of nitrogens with one attached hydrogen (secondary N) is 1. The fourth-order valence-corrected chi connectivity index (χ4v) is 1.43. The Bertz CT molecular complexity index is 561. The lowest BCUT2D eigenvalue weighted by molar-refractivity contribution is 0.0697. The molecule has 5 heteroatoms. The SMILES string of the molecule is Cc1ccc(Nc2cc(C(=O)O)ccc2N)o1. The van der Waals surface area contributed by atoms with Gasteiger partial charge in [0.15, 0.2) is 5.88 Å². The molecule has 2 aromatic rings. The molecule has 17 heavy (non-hydrogen) atoms. The molecule has 0 spiro atoms. The van der Waals surface area contributed by atoms with Crippen LogP contribution in [0.3, 0.4) is 0 Å². The van der Waals surface area contributed by atoms with Crippen molar-refractivity contribution in [3.8, 4) is 0 Å². The molecule has 0 fully saturated rings. The lowest BCUT2D eigenvalue weighted by atomic mass is 10.2. The topological polar surface area (TPSA) is 88.5 Å². The summed E-state index contributed by atoms with van der Waals surface area (Å²) in [5.41, 5.74) is 6.89. The highest BCUT2D eigenvalue weighted by atomic mass is 16.4. The van der Waals surface area contributed by atoms with Crippen LogP contribution in [0.2, 0.25) is 0 Å². The van der Waals surface area contributed by atoms with Gasteiger partial charge in [0.05, 0.1) is 16.9 Å². The standard InChI is InChI=1S/C12H12N2O3/c1-7-2-5-11(17-7)14-10-6-8(12(15)16)3-4-9(10)13/h2-6,14H,13H2,1H3,(H,15,16). The third-order valence-corrected chi connectivity index (χ3v) is 2.30. The van der Waals surface area contributed by atoms with Gasteiger partial charge in [-0.25, -0.2) is 4.79 Å². The number of carboxylic acid groups (broad SMARTS) is 1. The van der Waals surface area contributed by atoms with Crippen LogP contribution in [0.15, 0.2) is 34.7 Å². The van der Waals surface area contributed by atoms with Crippen molar-refractivity contribution < 1.29 is 14.3 Å². The fourth-order valence-electron chi connectivity index (χ4n) is 1.43. The molecule has 0 saturated heterocycles. The third-order valence-electron chi connectivity index (χ3n) is 2.30. The van der Waals surface area contributed by atoms with Gasteiger partial charge in [-0.2, -0.15) is 0 Å². The second-order valence-electron chi connectivity index (χ2n) is 3.64. The smallest absolute Gasteiger partial charge is 0.335 e. The minimum atomic E-state index is -0.997. The van der Waals surface area contributed by atoms with E-state index in [0.29, 0.717) is 17.3 Å². The average molecular weight is 232 g/mol. The molecule has 0 unspecified atom stereocenters. The maximum absolute atomic E-state index is 10.8. The molecule has 1 aromatic heterocycles. The number of hydrogen-bond donors (Lipinski definition) is 3. The van der Waals surface area contributed by atoms with Gasteiger partial charge < -0.3 is 20.6 Å². The van der Waals surface area contributed by atoms with E-state index >= 15 is 0 Å². The van der Waals surface area contributed by atoms with Crippen molar-refractivity contribution in [3.05, 3.63) is 41.7 Å². The van der Waals surface area contributed by atoms with E-state index in [1.54, 1.807) is 18.2 Å². The molecule has 0 aliphatic carbocycles. The molecule has 0 saturated carbocycles. The zero-order chi connectivity index (χ0) is 12.4. The number of aromatic carboxylic acids is 1. The van der Waals surface area contributed by atoms with E-state index in [9.17, 15) is 4.79 Å². The van der Waals surface area contributed by atoms with E-state index < -0.39 is 5.97 Å². The van der Waals surface area contributed by atoms with Crippen LogP contribution in [0.5, 0.6) is 0 Å². The van der Waals surface area contributed by atoms with Gasteiger partial charge in [-0.1, -0.05) is 0 Å². The number of nitrogens with two attached hydrogens (primary N) is 1. The van der Waals surface area contributed by atoms with Crippen LogP contribution in [0.4, 0.5) is 17.3 Å². The van der Waals surface area contributed by atoms with Gasteiger partial charge in [0.25, 0.3) is 0 Å². The van der Waals surface area contributed by atoms with Gasteiger partial charge in [0.1, 0.15) is 5.76 Å². The molecule has 1 heterocycles. The van der Waals surface area contributed by atoms with E-state index in [1.807, 2.05) is 6.92 Å². The van der Waals surface area contributed by atoms with E-state index in [0.717, 1.165) is 5.76 Å². The van der Waals surface area contributed by atoms with Gasteiger partial charge in [-0.15, -0.1) is 0 Å². The highest BCUT2D eigenvalue weighted by Gasteiger charge is 2.08. The minimum absolute atomic E-state index is 0.171. The summed E-state index contributed by atoms with van der Waals surface area (Å²) >= 11 is 0. The molecule has 0 aliphatic heterocycles. The van der Waals surface area contributed by atoms with Gasteiger partial charge in [0.2, 0.25) is 0 Å². The van der Waals surface area contributed by atoms with Gasteiger partial charge in [-0.05, 0) is 31.2 Å². The van der Waals surface area contributed by atoms with Crippen molar-refractivity contribution in [3.63, 3.8) is 0 Å². The number of aryl methyl sites for hydroxylation is 1. The van der Waals surface area contributed by atoms with Crippen LogP contribution < -0.4 is 11.1 Å². The number of carbonyl (C=O) groups is 1. The van der Waals surface area contributed by atoms with Crippen molar-refractivity contribution in [2.75, 3.05) is 11.1 Å². The minimum Gasteiger partial charge on any atom is -0.478 e. The Morgan fingerprint density at radius 2 is 2.12 bits per heavy atom. The van der Waals surface area contributed by atoms with E-state index in [2.05, 4.69) is 5.32 Å². The Hall–Kier alpha value is -2.43. The number of carboxylic acids is 1. The van der Waals surface area contributed by atoms with Crippen LogP contribution in [0.25, 0.3) is 0 Å². The first-order valence-electron chi connectivity index (χ1n) is 5.02. The summed E-state index contributed by atoms with van der Waals surface area (Å²) in [6.45, 7) is 1.82. The van der Waals surface area contributed by atoms with Gasteiger partial charge >= 0.3 is 5.97 Å². The molecule has 0 aliphatic rings. The second-order valence-corrected chi connectivity index (χ2v) is 3.64. The molecule has 88 valence electrons. The predicted molar refractivity (Wildman–Crippen MR) is 64.5 cm³/mol. The van der Waals surface area contributed by atoms with E-state index in [4.69, 9.17) is 15.3 Å². The molecule has 0 radical (unpaired) electrons. The summed E-state index contributed by atoms with van der Waals surface area (Å²) in [6.07, 6.45) is 0. The number of rotatable bonds is 3. The summed E-state index contributed by atoms with van der Waals surface area (Å²) in [7, 11) is 0. The molecule has 2 rings (SSSR count). The zero-order valence-electron chi connectivity index (χ0n) is 9.23. The lowest BCUT2D eigenvalue weighted by Crippen LogP contribution is -2.01. The Morgan fingerprint density at radius 3 is 2.71 bits per heavy atom. The van der Waals surface area contributed by atoms with Crippen molar-refractivity contribution in [1.82, 2.24) is 0 Å². The number of benzene rings is 1. The molecular formula is C12H12N2O3. The molecular weight excluding hydrogens is 220 g/mol. The summed E-state index contributed by atoms with van der Waals surface area (Å²) in [5.74, 6) is 0.292. The lowest BCUT2D eigenvalue weighted by Gasteiger charge is -2.07. The summed E-state index contributed by atoms with van der Waals surface area (Å²) in [4.78, 5) is 10.8. The van der Waals surface area contributed by atoms with Crippen molar-refractivity contribution in [2.24, 2.45) is 0 Å². The van der Waals surface area contributed by atoms with Crippen LogP contribution in [0.1, 0.15) is 16.1 Å². The molecule has 0 atom stereocenters. The monoisotopic (exact) mass is 232 g/mol. The Labute approximate surface area is 97.9 Å². The first-order valence-corrected chi connectivity index (χ1v) is 5.02. The third kappa shape index (κ3) is 2.39.